The van der Waals surface area contributed by atoms with E-state index in [1.165, 1.54) is 0 Å². The van der Waals surface area contributed by atoms with Crippen molar-refractivity contribution in [2.24, 2.45) is 0 Å². The summed E-state index contributed by atoms with van der Waals surface area (Å²) in [7, 11) is 0. The maximum atomic E-state index is 11.8. The van der Waals surface area contributed by atoms with Crippen LogP contribution >= 0.6 is 0 Å². The van der Waals surface area contributed by atoms with Gasteiger partial charge in [0.05, 0.1) is 12.2 Å². The molecule has 0 aliphatic heterocycles. The van der Waals surface area contributed by atoms with Crippen LogP contribution in [-0.4, -0.2) is 17.7 Å². The van der Waals surface area contributed by atoms with E-state index >= 15 is 0 Å². The van der Waals surface area contributed by atoms with Crippen LogP contribution in [-0.2, 0) is 11.2 Å². The third-order valence-corrected chi connectivity index (χ3v) is 2.84. The maximum absolute atomic E-state index is 11.8. The summed E-state index contributed by atoms with van der Waals surface area (Å²) in [6.45, 7) is 2.16. The first-order valence-electron chi connectivity index (χ1n) is 6.23. The van der Waals surface area contributed by atoms with E-state index in [1.54, 1.807) is 25.1 Å². The summed E-state index contributed by atoms with van der Waals surface area (Å²) in [5.41, 5.74) is 2.55. The minimum Gasteiger partial charge on any atom is -0.508 e. The van der Waals surface area contributed by atoms with Gasteiger partial charge in [0.2, 0.25) is 0 Å². The lowest BCUT2D eigenvalue weighted by molar-refractivity contribution is 0.0525. The fourth-order valence-corrected chi connectivity index (χ4v) is 1.92. The third-order valence-electron chi connectivity index (χ3n) is 2.84. The zero-order valence-corrected chi connectivity index (χ0v) is 10.8. The van der Waals surface area contributed by atoms with Crippen molar-refractivity contribution in [3.05, 3.63) is 65.2 Å². The molecule has 2 rings (SSSR count). The highest BCUT2D eigenvalue weighted by Gasteiger charge is 2.11. The molecule has 0 aliphatic carbocycles. The van der Waals surface area contributed by atoms with E-state index in [1.807, 2.05) is 30.3 Å². The van der Waals surface area contributed by atoms with Crippen LogP contribution in [0.5, 0.6) is 5.75 Å². The van der Waals surface area contributed by atoms with E-state index in [-0.39, 0.29) is 11.7 Å². The Morgan fingerprint density at radius 2 is 1.79 bits per heavy atom. The number of phenolic OH excluding ortho intramolecular Hbond substituents is 1. The van der Waals surface area contributed by atoms with E-state index in [2.05, 4.69) is 0 Å². The summed E-state index contributed by atoms with van der Waals surface area (Å²) < 4.78 is 5.05. The van der Waals surface area contributed by atoms with Crippen LogP contribution in [0.1, 0.15) is 28.4 Å². The quantitative estimate of drug-likeness (QED) is 0.855. The van der Waals surface area contributed by atoms with Crippen LogP contribution in [0.25, 0.3) is 0 Å². The summed E-state index contributed by atoms with van der Waals surface area (Å²) in [6, 6.07) is 14.4. The molecule has 0 radical (unpaired) electrons. The fraction of sp³-hybridized carbons (Fsp3) is 0.188. The van der Waals surface area contributed by atoms with Gasteiger partial charge in [-0.05, 0) is 42.7 Å². The van der Waals surface area contributed by atoms with E-state index in [0.29, 0.717) is 18.6 Å². The Morgan fingerprint density at radius 1 is 1.11 bits per heavy atom. The Balaban J connectivity index is 2.24. The number of phenols is 1. The van der Waals surface area contributed by atoms with Crippen LogP contribution in [0.15, 0.2) is 48.5 Å². The lowest BCUT2D eigenvalue weighted by atomic mass is 10.00. The molecule has 0 bridgehead atoms. The first-order chi connectivity index (χ1) is 9.20. The van der Waals surface area contributed by atoms with Gasteiger partial charge in [-0.1, -0.05) is 30.3 Å². The second-order valence-electron chi connectivity index (χ2n) is 4.22. The average Bonchev–Trinajstić information content (AvgIpc) is 2.42. The summed E-state index contributed by atoms with van der Waals surface area (Å²) in [4.78, 5) is 11.8. The molecule has 0 spiro atoms. The molecule has 2 aromatic rings. The Kier molecular flexibility index (Phi) is 4.18. The van der Waals surface area contributed by atoms with Crippen LogP contribution in [0.4, 0.5) is 0 Å². The van der Waals surface area contributed by atoms with Gasteiger partial charge < -0.3 is 9.84 Å². The average molecular weight is 256 g/mol. The number of hydrogen-bond acceptors (Lipinski definition) is 3. The van der Waals surface area contributed by atoms with Crippen LogP contribution in [0.3, 0.4) is 0 Å². The number of rotatable bonds is 4. The van der Waals surface area contributed by atoms with Gasteiger partial charge in [-0.3, -0.25) is 0 Å². The predicted molar refractivity (Wildman–Crippen MR) is 73.3 cm³/mol. The first kappa shape index (κ1) is 13.1. The molecule has 0 saturated heterocycles. The molecule has 1 N–H and O–H groups in total. The molecule has 0 amide bonds. The molecular weight excluding hydrogens is 240 g/mol. The molecule has 0 saturated carbocycles. The highest BCUT2D eigenvalue weighted by molar-refractivity contribution is 5.91. The van der Waals surface area contributed by atoms with Crippen LogP contribution in [0, 0.1) is 0 Å². The normalized spacial score (nSPS) is 10.2. The molecule has 0 atom stereocenters. The SMILES string of the molecule is CCOC(=O)c1ccccc1Cc1ccc(O)cc1. The summed E-state index contributed by atoms with van der Waals surface area (Å²) in [5.74, 6) is -0.0562. The summed E-state index contributed by atoms with van der Waals surface area (Å²) in [6.07, 6.45) is 0.634. The van der Waals surface area contributed by atoms with E-state index in [4.69, 9.17) is 4.74 Å². The number of hydrogen-bond donors (Lipinski definition) is 1. The molecule has 3 nitrogen and oxygen atoms in total. The number of benzene rings is 2. The highest BCUT2D eigenvalue weighted by atomic mass is 16.5. The minimum absolute atomic E-state index is 0.238. The largest absolute Gasteiger partial charge is 0.508 e. The second-order valence-corrected chi connectivity index (χ2v) is 4.22. The Morgan fingerprint density at radius 3 is 2.47 bits per heavy atom. The summed E-state index contributed by atoms with van der Waals surface area (Å²) >= 11 is 0. The zero-order chi connectivity index (χ0) is 13.7. The number of aromatic hydroxyl groups is 1. The fourth-order valence-electron chi connectivity index (χ4n) is 1.92. The maximum Gasteiger partial charge on any atom is 0.338 e. The second kappa shape index (κ2) is 6.05. The van der Waals surface area contributed by atoms with Crippen molar-refractivity contribution in [3.8, 4) is 5.75 Å². The smallest absolute Gasteiger partial charge is 0.338 e. The number of carbonyl (C=O) groups is 1. The van der Waals surface area contributed by atoms with Crippen molar-refractivity contribution < 1.29 is 14.6 Å². The van der Waals surface area contributed by atoms with Gasteiger partial charge in [0.15, 0.2) is 0 Å². The van der Waals surface area contributed by atoms with Gasteiger partial charge in [0.1, 0.15) is 5.75 Å². The lowest BCUT2D eigenvalue weighted by Crippen LogP contribution is -2.08. The van der Waals surface area contributed by atoms with Crippen LogP contribution in [0.2, 0.25) is 0 Å². The Bertz CT molecular complexity index is 558. The van der Waals surface area contributed by atoms with Crippen molar-refractivity contribution in [2.75, 3.05) is 6.61 Å². The van der Waals surface area contributed by atoms with Crippen molar-refractivity contribution in [3.63, 3.8) is 0 Å². The molecule has 0 heterocycles. The van der Waals surface area contributed by atoms with Gasteiger partial charge in [-0.2, -0.15) is 0 Å². The minimum atomic E-state index is -0.295. The topological polar surface area (TPSA) is 46.5 Å². The summed E-state index contributed by atoms with van der Waals surface area (Å²) in [5, 5.41) is 9.26. The van der Waals surface area contributed by atoms with Crippen molar-refractivity contribution in [1.29, 1.82) is 0 Å². The van der Waals surface area contributed by atoms with Gasteiger partial charge in [0.25, 0.3) is 0 Å². The lowest BCUT2D eigenvalue weighted by Gasteiger charge is -2.08. The Hall–Kier alpha value is -2.29. The molecule has 3 heteroatoms. The van der Waals surface area contributed by atoms with Crippen LogP contribution < -0.4 is 0 Å². The van der Waals surface area contributed by atoms with E-state index in [9.17, 15) is 9.90 Å². The van der Waals surface area contributed by atoms with Gasteiger partial charge >= 0.3 is 5.97 Å². The van der Waals surface area contributed by atoms with Gasteiger partial charge in [-0.25, -0.2) is 4.79 Å². The molecular formula is C16H16O3. The van der Waals surface area contributed by atoms with Gasteiger partial charge in [0, 0.05) is 0 Å². The molecule has 0 aliphatic rings. The zero-order valence-electron chi connectivity index (χ0n) is 10.8. The predicted octanol–water partition coefficient (Wildman–Crippen LogP) is 3.16. The number of esters is 1. The molecule has 0 fully saturated rings. The third kappa shape index (κ3) is 3.35. The first-order valence-corrected chi connectivity index (χ1v) is 6.23. The Labute approximate surface area is 112 Å². The van der Waals surface area contributed by atoms with Crippen molar-refractivity contribution in [2.45, 2.75) is 13.3 Å². The molecule has 98 valence electrons. The van der Waals surface area contributed by atoms with E-state index in [0.717, 1.165) is 11.1 Å². The molecule has 2 aromatic carbocycles. The standard InChI is InChI=1S/C16H16O3/c1-2-19-16(18)15-6-4-3-5-13(15)11-12-7-9-14(17)10-8-12/h3-10,17H,2,11H2,1H3. The monoisotopic (exact) mass is 256 g/mol. The van der Waals surface area contributed by atoms with Crippen molar-refractivity contribution >= 4 is 5.97 Å². The number of ether oxygens (including phenoxy) is 1. The van der Waals surface area contributed by atoms with E-state index < -0.39 is 0 Å². The number of carbonyl (C=O) groups excluding carboxylic acids is 1. The van der Waals surface area contributed by atoms with Gasteiger partial charge in [-0.15, -0.1) is 0 Å². The molecule has 0 aromatic heterocycles. The molecule has 0 unspecified atom stereocenters. The van der Waals surface area contributed by atoms with Crippen molar-refractivity contribution in [1.82, 2.24) is 0 Å². The molecule has 19 heavy (non-hydrogen) atoms. The highest BCUT2D eigenvalue weighted by Crippen LogP contribution is 2.17.